The van der Waals surface area contributed by atoms with E-state index in [4.69, 9.17) is 5.11 Å². The Bertz CT molecular complexity index is 325. The lowest BCUT2D eigenvalue weighted by Gasteiger charge is -2.31. The summed E-state index contributed by atoms with van der Waals surface area (Å²) in [5.74, 6) is -7.14. The molecule has 1 N–H and O–H groups in total. The number of rotatable bonds is 3. The number of carbonyl (C=O) groups is 1. The maximum absolute atomic E-state index is 12.5. The molecule has 0 spiro atoms. The smallest absolute Gasteiger partial charge is 0.437 e. The minimum Gasteiger partial charge on any atom is -0.454 e. The monoisotopic (exact) mass is 304 g/mol. The van der Waals surface area contributed by atoms with E-state index in [1.54, 1.807) is 0 Å². The summed E-state index contributed by atoms with van der Waals surface area (Å²) >= 11 is 0. The van der Waals surface area contributed by atoms with Gasteiger partial charge in [-0.15, -0.1) is 0 Å². The van der Waals surface area contributed by atoms with E-state index in [-0.39, 0.29) is 6.92 Å². The molecule has 0 aliphatic heterocycles. The summed E-state index contributed by atoms with van der Waals surface area (Å²) in [6.45, 7) is 0.496. The molecule has 0 rings (SSSR count). The van der Waals surface area contributed by atoms with Crippen molar-refractivity contribution in [3.8, 4) is 0 Å². The highest BCUT2D eigenvalue weighted by atomic mass is 19.4. The van der Waals surface area contributed by atoms with Gasteiger partial charge >= 0.3 is 23.9 Å². The van der Waals surface area contributed by atoms with Gasteiger partial charge in [-0.25, -0.2) is 13.6 Å². The van der Waals surface area contributed by atoms with E-state index in [1.807, 2.05) is 0 Å². The first-order chi connectivity index (χ1) is 8.05. The zero-order valence-electron chi connectivity index (χ0n) is 9.36. The average Bonchev–Trinajstić information content (AvgIpc) is 2.10. The number of esters is 1. The summed E-state index contributed by atoms with van der Waals surface area (Å²) in [4.78, 5) is 10.8. The molecule has 0 bridgehead atoms. The van der Waals surface area contributed by atoms with Gasteiger partial charge in [-0.05, 0) is 6.92 Å². The fourth-order valence-electron chi connectivity index (χ4n) is 0.741. The van der Waals surface area contributed by atoms with Crippen molar-refractivity contribution < 1.29 is 49.8 Å². The van der Waals surface area contributed by atoms with Crippen LogP contribution in [-0.2, 0) is 9.53 Å². The molecule has 0 fully saturated rings. The van der Waals surface area contributed by atoms with Gasteiger partial charge in [0.25, 0.3) is 5.92 Å². The zero-order chi connectivity index (χ0) is 15.9. The van der Waals surface area contributed by atoms with E-state index in [0.29, 0.717) is 6.92 Å². The fraction of sp³-hybridized carbons (Fsp3) is 0.875. The Labute approximate surface area is 101 Å². The molecule has 0 aliphatic rings. The number of halogens is 8. The van der Waals surface area contributed by atoms with Crippen LogP contribution in [0.15, 0.2) is 0 Å². The molecule has 0 saturated carbocycles. The van der Waals surface area contributed by atoms with Crippen LogP contribution < -0.4 is 0 Å². The molecule has 19 heavy (non-hydrogen) atoms. The van der Waals surface area contributed by atoms with Crippen molar-refractivity contribution in [2.75, 3.05) is 0 Å². The second-order valence-electron chi connectivity index (χ2n) is 3.71. The predicted octanol–water partition coefficient (Wildman–Crippen LogP) is 2.43. The molecule has 0 amide bonds. The second kappa shape index (κ2) is 4.76. The average molecular weight is 304 g/mol. The van der Waals surface area contributed by atoms with E-state index >= 15 is 0 Å². The van der Waals surface area contributed by atoms with Gasteiger partial charge in [0.05, 0.1) is 0 Å². The summed E-state index contributed by atoms with van der Waals surface area (Å²) in [6.07, 6.45) is -15.5. The van der Waals surface area contributed by atoms with Gasteiger partial charge in [-0.3, -0.25) is 0 Å². The minimum atomic E-state index is -6.47. The van der Waals surface area contributed by atoms with Crippen LogP contribution in [0, 0.1) is 0 Å². The molecule has 0 aromatic heterocycles. The topological polar surface area (TPSA) is 46.5 Å². The quantitative estimate of drug-likeness (QED) is 0.643. The molecule has 0 aliphatic carbocycles. The summed E-state index contributed by atoms with van der Waals surface area (Å²) < 4.78 is 101. The van der Waals surface area contributed by atoms with Crippen LogP contribution in [0.5, 0.6) is 0 Å². The normalized spacial score (nSPS) is 16.2. The summed E-state index contributed by atoms with van der Waals surface area (Å²) in [5, 5.41) is 8.50. The van der Waals surface area contributed by atoms with E-state index in [2.05, 4.69) is 4.74 Å². The first kappa shape index (κ1) is 17.9. The third kappa shape index (κ3) is 3.45. The molecule has 0 radical (unpaired) electrons. The van der Waals surface area contributed by atoms with Gasteiger partial charge in [0.15, 0.2) is 6.10 Å². The van der Waals surface area contributed by atoms with Crippen LogP contribution in [0.1, 0.15) is 13.8 Å². The largest absolute Gasteiger partial charge is 0.454 e. The van der Waals surface area contributed by atoms with Crippen molar-refractivity contribution >= 4 is 5.97 Å². The molecule has 1 atom stereocenters. The van der Waals surface area contributed by atoms with Gasteiger partial charge in [0.1, 0.15) is 0 Å². The van der Waals surface area contributed by atoms with E-state index in [9.17, 15) is 39.9 Å². The number of aliphatic hydroxyl groups is 1. The fourth-order valence-corrected chi connectivity index (χ4v) is 0.741. The molecule has 1 unspecified atom stereocenters. The van der Waals surface area contributed by atoms with Gasteiger partial charge in [0, 0.05) is 6.92 Å². The standard InChI is InChI=1S/C8H8F8O3/c1-3(5(2,9)10)19-4(17)6(18,7(11,12)13)8(14,15)16/h3,18H,1-2H3. The van der Waals surface area contributed by atoms with Crippen LogP contribution in [0.2, 0.25) is 0 Å². The highest BCUT2D eigenvalue weighted by Crippen LogP contribution is 2.44. The van der Waals surface area contributed by atoms with Gasteiger partial charge in [-0.1, -0.05) is 0 Å². The Hall–Kier alpha value is -1.13. The van der Waals surface area contributed by atoms with Crippen molar-refractivity contribution in [3.05, 3.63) is 0 Å². The minimum absolute atomic E-state index is 0.116. The van der Waals surface area contributed by atoms with Gasteiger partial charge in [0.2, 0.25) is 0 Å². The lowest BCUT2D eigenvalue weighted by molar-refractivity contribution is -0.359. The highest BCUT2D eigenvalue weighted by Gasteiger charge is 2.77. The number of alkyl halides is 8. The van der Waals surface area contributed by atoms with Crippen LogP contribution in [0.3, 0.4) is 0 Å². The van der Waals surface area contributed by atoms with Crippen molar-refractivity contribution in [1.29, 1.82) is 0 Å². The first-order valence-corrected chi connectivity index (χ1v) is 4.50. The molecular weight excluding hydrogens is 296 g/mol. The van der Waals surface area contributed by atoms with Gasteiger partial charge in [-0.2, -0.15) is 26.3 Å². The number of hydrogen-bond acceptors (Lipinski definition) is 3. The Kier molecular flexibility index (Phi) is 4.48. The molecule has 0 heterocycles. The maximum atomic E-state index is 12.5. The maximum Gasteiger partial charge on any atom is 0.437 e. The second-order valence-corrected chi connectivity index (χ2v) is 3.71. The zero-order valence-corrected chi connectivity index (χ0v) is 9.36. The van der Waals surface area contributed by atoms with Crippen LogP contribution in [-0.4, -0.2) is 41.1 Å². The Morgan fingerprint density at radius 2 is 1.32 bits per heavy atom. The summed E-state index contributed by atoms with van der Waals surface area (Å²) in [5.41, 5.74) is -5.86. The Morgan fingerprint density at radius 3 is 1.53 bits per heavy atom. The molecule has 0 aromatic rings. The SMILES string of the molecule is CC(OC(=O)C(O)(C(F)(F)F)C(F)(F)F)C(C)(F)F. The number of ether oxygens (including phenoxy) is 1. The Morgan fingerprint density at radius 1 is 1.00 bits per heavy atom. The Balaban J connectivity index is 5.42. The van der Waals surface area contributed by atoms with Crippen LogP contribution >= 0.6 is 0 Å². The number of hydrogen-bond donors (Lipinski definition) is 1. The van der Waals surface area contributed by atoms with Crippen LogP contribution in [0.25, 0.3) is 0 Å². The summed E-state index contributed by atoms with van der Waals surface area (Å²) in [7, 11) is 0. The van der Waals surface area contributed by atoms with E-state index in [0.717, 1.165) is 0 Å². The molecule has 0 aromatic carbocycles. The molecule has 114 valence electrons. The predicted molar refractivity (Wildman–Crippen MR) is 43.2 cm³/mol. The lowest BCUT2D eigenvalue weighted by atomic mass is 10.0. The molecule has 11 heteroatoms. The van der Waals surface area contributed by atoms with Crippen molar-refractivity contribution in [2.24, 2.45) is 0 Å². The van der Waals surface area contributed by atoms with Crippen molar-refractivity contribution in [3.63, 3.8) is 0 Å². The number of carbonyl (C=O) groups excluding carboxylic acids is 1. The summed E-state index contributed by atoms with van der Waals surface area (Å²) in [6, 6.07) is 0. The molecule has 3 nitrogen and oxygen atoms in total. The highest BCUT2D eigenvalue weighted by molar-refractivity contribution is 5.81. The third-order valence-electron chi connectivity index (χ3n) is 2.11. The van der Waals surface area contributed by atoms with E-state index < -0.39 is 35.9 Å². The van der Waals surface area contributed by atoms with Crippen LogP contribution in [0.4, 0.5) is 35.1 Å². The van der Waals surface area contributed by atoms with Crippen molar-refractivity contribution in [2.45, 2.75) is 43.8 Å². The van der Waals surface area contributed by atoms with E-state index in [1.165, 1.54) is 0 Å². The molecular formula is C8H8F8O3. The van der Waals surface area contributed by atoms with Gasteiger partial charge < -0.3 is 9.84 Å². The first-order valence-electron chi connectivity index (χ1n) is 4.50. The van der Waals surface area contributed by atoms with Crippen molar-refractivity contribution in [1.82, 2.24) is 0 Å². The third-order valence-corrected chi connectivity index (χ3v) is 2.11. The lowest BCUT2D eigenvalue weighted by Crippen LogP contribution is -2.63. The molecule has 0 saturated heterocycles.